The first kappa shape index (κ1) is 15.1. The smallest absolute Gasteiger partial charge is 0.254 e. The number of aromatic nitrogens is 4. The monoisotopic (exact) mass is 327 g/mol. The average molecular weight is 327 g/mol. The molecule has 0 N–H and O–H groups in total. The summed E-state index contributed by atoms with van der Waals surface area (Å²) in [6.45, 7) is 3.69. The third kappa shape index (κ3) is 2.65. The molecule has 1 saturated heterocycles. The Balaban J connectivity index is 1.80. The number of hydrogen-bond acceptors (Lipinski definition) is 6. The van der Waals surface area contributed by atoms with Crippen LogP contribution >= 0.6 is 0 Å². The van der Waals surface area contributed by atoms with Gasteiger partial charge in [-0.05, 0) is 30.9 Å². The summed E-state index contributed by atoms with van der Waals surface area (Å²) in [5.41, 5.74) is 0.852. The molecule has 24 heavy (non-hydrogen) atoms. The molecule has 1 fully saturated rings. The van der Waals surface area contributed by atoms with Crippen molar-refractivity contribution >= 4 is 11.6 Å². The van der Waals surface area contributed by atoms with Gasteiger partial charge in [0, 0.05) is 19.7 Å². The van der Waals surface area contributed by atoms with Gasteiger partial charge in [0.1, 0.15) is 17.9 Å². The minimum absolute atomic E-state index is 0.189. The summed E-state index contributed by atoms with van der Waals surface area (Å²) in [5, 5.41) is 4.36. The fourth-order valence-electron chi connectivity index (χ4n) is 3.44. The van der Waals surface area contributed by atoms with E-state index in [4.69, 9.17) is 9.15 Å². The van der Waals surface area contributed by atoms with Crippen LogP contribution in [0.15, 0.2) is 35.2 Å². The topological polar surface area (TPSA) is 68.7 Å². The van der Waals surface area contributed by atoms with Crippen molar-refractivity contribution < 1.29 is 9.15 Å². The van der Waals surface area contributed by atoms with Gasteiger partial charge in [0.25, 0.3) is 5.78 Å². The molecule has 7 heteroatoms. The maximum Gasteiger partial charge on any atom is 0.254 e. The molecule has 0 amide bonds. The van der Waals surface area contributed by atoms with Gasteiger partial charge >= 0.3 is 0 Å². The van der Waals surface area contributed by atoms with Crippen molar-refractivity contribution in [1.82, 2.24) is 19.6 Å². The maximum absolute atomic E-state index is 5.72. The van der Waals surface area contributed by atoms with Gasteiger partial charge in [-0.1, -0.05) is 6.92 Å². The molecule has 2 atom stereocenters. The molecule has 7 nitrogen and oxygen atoms in total. The number of hydrogen-bond donors (Lipinski definition) is 0. The van der Waals surface area contributed by atoms with Crippen LogP contribution in [0, 0.1) is 5.92 Å². The lowest BCUT2D eigenvalue weighted by Gasteiger charge is -2.38. The predicted octanol–water partition coefficient (Wildman–Crippen LogP) is 2.84. The highest BCUT2D eigenvalue weighted by Crippen LogP contribution is 2.37. The van der Waals surface area contributed by atoms with Crippen molar-refractivity contribution in [3.63, 3.8) is 0 Å². The van der Waals surface area contributed by atoms with Crippen LogP contribution in [0.1, 0.15) is 37.3 Å². The van der Waals surface area contributed by atoms with Crippen LogP contribution < -0.4 is 4.90 Å². The molecule has 4 heterocycles. The molecule has 126 valence electrons. The van der Waals surface area contributed by atoms with Crippen molar-refractivity contribution in [1.29, 1.82) is 0 Å². The molecule has 0 spiro atoms. The van der Waals surface area contributed by atoms with E-state index >= 15 is 0 Å². The lowest BCUT2D eigenvalue weighted by molar-refractivity contribution is 0.181. The Labute approximate surface area is 140 Å². The van der Waals surface area contributed by atoms with Gasteiger partial charge in [-0.15, -0.1) is 0 Å². The van der Waals surface area contributed by atoms with Crippen LogP contribution in [0.25, 0.3) is 5.78 Å². The van der Waals surface area contributed by atoms with Gasteiger partial charge in [0.15, 0.2) is 0 Å². The van der Waals surface area contributed by atoms with Crippen molar-refractivity contribution in [3.8, 4) is 0 Å². The fraction of sp³-hybridized carbons (Fsp3) is 0.471. The summed E-state index contributed by atoms with van der Waals surface area (Å²) in [7, 11) is 1.67. The highest BCUT2D eigenvalue weighted by atomic mass is 16.5. The van der Waals surface area contributed by atoms with E-state index < -0.39 is 0 Å². The van der Waals surface area contributed by atoms with E-state index in [-0.39, 0.29) is 6.04 Å². The molecule has 1 aliphatic rings. The molecule has 0 aromatic carbocycles. The molecular weight excluding hydrogens is 306 g/mol. The van der Waals surface area contributed by atoms with Crippen LogP contribution in [0.2, 0.25) is 0 Å². The summed E-state index contributed by atoms with van der Waals surface area (Å²) in [6, 6.07) is 6.22. The molecule has 0 bridgehead atoms. The van der Waals surface area contributed by atoms with E-state index in [2.05, 4.69) is 26.9 Å². The standard InChI is InChI=1S/C17H21N5O2/c1-12-5-6-21(14(8-12)15-4-3-7-24-15)16-9-13(10-23-2)20-17-18-11-19-22(16)17/h3-4,7,9,11-12,14H,5-6,8,10H2,1-2H3/t12-,14-/m0/s1. The minimum atomic E-state index is 0.189. The molecule has 0 radical (unpaired) electrons. The molecule has 0 unspecified atom stereocenters. The van der Waals surface area contributed by atoms with Crippen molar-refractivity contribution in [2.45, 2.75) is 32.4 Å². The van der Waals surface area contributed by atoms with E-state index in [1.807, 2.05) is 18.2 Å². The van der Waals surface area contributed by atoms with Crippen molar-refractivity contribution in [2.24, 2.45) is 5.92 Å². The van der Waals surface area contributed by atoms with E-state index in [1.54, 1.807) is 17.9 Å². The van der Waals surface area contributed by atoms with Crippen LogP contribution in [-0.2, 0) is 11.3 Å². The van der Waals surface area contributed by atoms with Crippen LogP contribution in [-0.4, -0.2) is 33.2 Å². The minimum Gasteiger partial charge on any atom is -0.467 e. The highest BCUT2D eigenvalue weighted by molar-refractivity contribution is 5.49. The first-order valence-electron chi connectivity index (χ1n) is 8.25. The SMILES string of the molecule is COCc1cc(N2CC[C@H](C)C[C@H]2c2ccco2)n2ncnc2n1. The quantitative estimate of drug-likeness (QED) is 0.734. The molecule has 0 saturated carbocycles. The lowest BCUT2D eigenvalue weighted by atomic mass is 9.91. The number of furan rings is 1. The third-order valence-corrected chi connectivity index (χ3v) is 4.61. The molecule has 0 aliphatic carbocycles. The molecule has 4 rings (SSSR count). The normalized spacial score (nSPS) is 21.5. The van der Waals surface area contributed by atoms with Crippen molar-refractivity contribution in [3.05, 3.63) is 42.2 Å². The number of rotatable bonds is 4. The zero-order valence-corrected chi connectivity index (χ0v) is 13.9. The van der Waals surface area contributed by atoms with Gasteiger partial charge in [0.2, 0.25) is 0 Å². The van der Waals surface area contributed by atoms with Crippen LogP contribution in [0.3, 0.4) is 0 Å². The zero-order chi connectivity index (χ0) is 16.5. The van der Waals surface area contributed by atoms with Gasteiger partial charge in [0.05, 0.1) is 24.6 Å². The third-order valence-electron chi connectivity index (χ3n) is 4.61. The Morgan fingerprint density at radius 1 is 1.42 bits per heavy atom. The number of fused-ring (bicyclic) bond motifs is 1. The van der Waals surface area contributed by atoms with Gasteiger partial charge in [-0.2, -0.15) is 14.6 Å². The van der Waals surface area contributed by atoms with E-state index in [0.29, 0.717) is 18.3 Å². The van der Waals surface area contributed by atoms with Gasteiger partial charge in [-0.25, -0.2) is 4.98 Å². The Kier molecular flexibility index (Phi) is 3.93. The average Bonchev–Trinajstić information content (AvgIpc) is 3.26. The second-order valence-corrected chi connectivity index (χ2v) is 6.36. The summed E-state index contributed by atoms with van der Waals surface area (Å²) in [4.78, 5) is 11.1. The number of nitrogens with zero attached hydrogens (tertiary/aromatic N) is 5. The number of anilines is 1. The first-order valence-corrected chi connectivity index (χ1v) is 8.25. The van der Waals surface area contributed by atoms with Gasteiger partial charge < -0.3 is 14.1 Å². The molecular formula is C17H21N5O2. The van der Waals surface area contributed by atoms with Crippen LogP contribution in [0.4, 0.5) is 5.82 Å². The maximum atomic E-state index is 5.72. The first-order chi connectivity index (χ1) is 11.8. The van der Waals surface area contributed by atoms with Gasteiger partial charge in [-0.3, -0.25) is 0 Å². The molecule has 3 aromatic heterocycles. The lowest BCUT2D eigenvalue weighted by Crippen LogP contribution is -2.37. The number of piperidine rings is 1. The Hall–Kier alpha value is -2.41. The fourth-order valence-corrected chi connectivity index (χ4v) is 3.44. The highest BCUT2D eigenvalue weighted by Gasteiger charge is 2.31. The number of methoxy groups -OCH3 is 1. The largest absolute Gasteiger partial charge is 0.467 e. The van der Waals surface area contributed by atoms with E-state index in [9.17, 15) is 0 Å². The predicted molar refractivity (Wildman–Crippen MR) is 88.7 cm³/mol. The Bertz CT molecular complexity index is 814. The zero-order valence-electron chi connectivity index (χ0n) is 13.9. The Morgan fingerprint density at radius 2 is 2.33 bits per heavy atom. The summed E-state index contributed by atoms with van der Waals surface area (Å²) < 4.78 is 12.8. The van der Waals surface area contributed by atoms with E-state index in [1.165, 1.54) is 6.33 Å². The second-order valence-electron chi connectivity index (χ2n) is 6.36. The van der Waals surface area contributed by atoms with E-state index in [0.717, 1.165) is 36.7 Å². The summed E-state index contributed by atoms with van der Waals surface area (Å²) in [5.74, 6) is 3.22. The summed E-state index contributed by atoms with van der Waals surface area (Å²) >= 11 is 0. The molecule has 1 aliphatic heterocycles. The Morgan fingerprint density at radius 3 is 3.12 bits per heavy atom. The van der Waals surface area contributed by atoms with Crippen LogP contribution in [0.5, 0.6) is 0 Å². The number of ether oxygens (including phenoxy) is 1. The molecule has 3 aromatic rings. The van der Waals surface area contributed by atoms with Crippen molar-refractivity contribution in [2.75, 3.05) is 18.6 Å². The second kappa shape index (κ2) is 6.24. The summed E-state index contributed by atoms with van der Waals surface area (Å²) in [6.07, 6.45) is 5.46.